The fourth-order valence-electron chi connectivity index (χ4n) is 2.79. The smallest absolute Gasteiger partial charge is 0.243 e. The van der Waals surface area contributed by atoms with E-state index in [9.17, 15) is 8.42 Å². The Labute approximate surface area is 169 Å². The number of hydrogen-bond acceptors (Lipinski definition) is 4. The number of rotatable bonds is 4. The molecule has 1 fully saturated rings. The van der Waals surface area contributed by atoms with Crippen LogP contribution in [-0.2, 0) is 10.0 Å². The number of para-hydroxylation sites is 1. The number of methoxy groups -OCH3 is 1. The van der Waals surface area contributed by atoms with Crippen molar-refractivity contribution in [2.45, 2.75) is 4.90 Å². The molecule has 1 saturated heterocycles. The second-order valence-electron chi connectivity index (χ2n) is 5.98. The van der Waals surface area contributed by atoms with E-state index in [1.807, 2.05) is 23.1 Å². The average Bonchev–Trinajstić information content (AvgIpc) is 2.70. The number of hydrogen-bond donors (Lipinski definition) is 1. The van der Waals surface area contributed by atoms with Crippen LogP contribution in [0.2, 0.25) is 5.02 Å². The van der Waals surface area contributed by atoms with E-state index in [1.54, 1.807) is 37.4 Å². The second kappa shape index (κ2) is 8.43. The molecular formula is C18H20ClN3O3S2. The van der Waals surface area contributed by atoms with Crippen LogP contribution in [0.3, 0.4) is 0 Å². The first-order valence-corrected chi connectivity index (χ1v) is 10.6. The minimum Gasteiger partial charge on any atom is -0.497 e. The molecule has 2 aromatic carbocycles. The van der Waals surface area contributed by atoms with E-state index in [4.69, 9.17) is 28.6 Å². The Bertz CT molecular complexity index is 912. The standard InChI is InChI=1S/C18H20ClN3O3S2/c1-25-14-6-8-15(9-7-14)27(23,24)22-12-10-21(11-13-22)18(26)20-17-5-3-2-4-16(17)19/h2-9H,10-13H2,1H3,(H,20,26). The van der Waals surface area contributed by atoms with E-state index >= 15 is 0 Å². The number of halogens is 1. The molecule has 0 aromatic heterocycles. The summed E-state index contributed by atoms with van der Waals surface area (Å²) < 4.78 is 32.2. The summed E-state index contributed by atoms with van der Waals surface area (Å²) in [4.78, 5) is 2.20. The fraction of sp³-hybridized carbons (Fsp3) is 0.278. The van der Waals surface area contributed by atoms with Crippen molar-refractivity contribution in [3.63, 3.8) is 0 Å². The molecule has 1 aliphatic heterocycles. The molecule has 1 aliphatic rings. The Morgan fingerprint density at radius 1 is 1.07 bits per heavy atom. The largest absolute Gasteiger partial charge is 0.497 e. The molecule has 6 nitrogen and oxygen atoms in total. The monoisotopic (exact) mass is 425 g/mol. The molecule has 144 valence electrons. The highest BCUT2D eigenvalue weighted by Crippen LogP contribution is 2.23. The molecule has 0 radical (unpaired) electrons. The molecule has 2 aromatic rings. The molecule has 0 atom stereocenters. The first-order chi connectivity index (χ1) is 12.9. The SMILES string of the molecule is COc1ccc(S(=O)(=O)N2CCN(C(=S)Nc3ccccc3Cl)CC2)cc1. The van der Waals surface area contributed by atoms with Crippen molar-refractivity contribution in [1.82, 2.24) is 9.21 Å². The van der Waals surface area contributed by atoms with E-state index < -0.39 is 10.0 Å². The van der Waals surface area contributed by atoms with Gasteiger partial charge in [0.1, 0.15) is 5.75 Å². The van der Waals surface area contributed by atoms with E-state index in [0.717, 1.165) is 5.69 Å². The first kappa shape index (κ1) is 19.9. The Morgan fingerprint density at radius 3 is 2.30 bits per heavy atom. The van der Waals surface area contributed by atoms with Gasteiger partial charge in [-0.2, -0.15) is 4.31 Å². The Balaban J connectivity index is 1.62. The van der Waals surface area contributed by atoms with Gasteiger partial charge in [-0.3, -0.25) is 0 Å². The molecule has 27 heavy (non-hydrogen) atoms. The zero-order valence-electron chi connectivity index (χ0n) is 14.8. The topological polar surface area (TPSA) is 61.9 Å². The van der Waals surface area contributed by atoms with Gasteiger partial charge in [0, 0.05) is 26.2 Å². The van der Waals surface area contributed by atoms with Crippen molar-refractivity contribution in [3.05, 3.63) is 53.6 Å². The van der Waals surface area contributed by atoms with Crippen molar-refractivity contribution in [3.8, 4) is 5.75 Å². The van der Waals surface area contributed by atoms with Gasteiger partial charge in [0.25, 0.3) is 0 Å². The van der Waals surface area contributed by atoms with E-state index in [2.05, 4.69) is 5.32 Å². The minimum absolute atomic E-state index is 0.258. The zero-order chi connectivity index (χ0) is 19.4. The number of thiocarbonyl (C=S) groups is 1. The van der Waals surface area contributed by atoms with Crippen molar-refractivity contribution in [2.24, 2.45) is 0 Å². The van der Waals surface area contributed by atoms with Crippen LogP contribution in [0, 0.1) is 0 Å². The number of ether oxygens (including phenoxy) is 1. The Hall–Kier alpha value is -1.87. The normalized spacial score (nSPS) is 15.4. The van der Waals surface area contributed by atoms with E-state index in [1.165, 1.54) is 4.31 Å². The van der Waals surface area contributed by atoms with Crippen LogP contribution in [0.25, 0.3) is 0 Å². The maximum Gasteiger partial charge on any atom is 0.243 e. The van der Waals surface area contributed by atoms with Gasteiger partial charge in [-0.1, -0.05) is 23.7 Å². The van der Waals surface area contributed by atoms with Crippen molar-refractivity contribution in [2.75, 3.05) is 38.6 Å². The summed E-state index contributed by atoms with van der Waals surface area (Å²) in [5.74, 6) is 0.620. The summed E-state index contributed by atoms with van der Waals surface area (Å²) in [6, 6.07) is 13.8. The van der Waals surface area contributed by atoms with Gasteiger partial charge >= 0.3 is 0 Å². The molecule has 0 aliphatic carbocycles. The second-order valence-corrected chi connectivity index (χ2v) is 8.71. The van der Waals surface area contributed by atoms with Crippen molar-refractivity contribution < 1.29 is 13.2 Å². The molecule has 0 amide bonds. The molecule has 0 spiro atoms. The Kier molecular flexibility index (Phi) is 6.21. The molecule has 0 unspecified atom stereocenters. The number of nitrogens with one attached hydrogen (secondary N) is 1. The number of piperazine rings is 1. The maximum absolute atomic E-state index is 12.8. The van der Waals surface area contributed by atoms with Gasteiger partial charge in [0.15, 0.2) is 5.11 Å². The van der Waals surface area contributed by atoms with Gasteiger partial charge in [-0.05, 0) is 48.6 Å². The summed E-state index contributed by atoms with van der Waals surface area (Å²) in [5, 5.41) is 4.24. The van der Waals surface area contributed by atoms with Crippen LogP contribution in [0.15, 0.2) is 53.4 Å². The van der Waals surface area contributed by atoms with Crippen molar-refractivity contribution in [1.29, 1.82) is 0 Å². The molecule has 1 N–H and O–H groups in total. The summed E-state index contributed by atoms with van der Waals surface area (Å²) in [6.45, 7) is 1.73. The van der Waals surface area contributed by atoms with Crippen LogP contribution in [0.1, 0.15) is 0 Å². The molecule has 9 heteroatoms. The maximum atomic E-state index is 12.8. The van der Waals surface area contributed by atoms with Gasteiger partial charge < -0.3 is 15.0 Å². The van der Waals surface area contributed by atoms with Crippen LogP contribution in [0.4, 0.5) is 5.69 Å². The van der Waals surface area contributed by atoms with Gasteiger partial charge in [-0.15, -0.1) is 0 Å². The van der Waals surface area contributed by atoms with Gasteiger partial charge in [0.2, 0.25) is 10.0 Å². The first-order valence-electron chi connectivity index (χ1n) is 8.36. The van der Waals surface area contributed by atoms with Crippen LogP contribution >= 0.6 is 23.8 Å². The number of anilines is 1. The Morgan fingerprint density at radius 2 is 1.70 bits per heavy atom. The minimum atomic E-state index is -3.54. The highest BCUT2D eigenvalue weighted by molar-refractivity contribution is 7.89. The molecule has 3 rings (SSSR count). The zero-order valence-corrected chi connectivity index (χ0v) is 17.1. The van der Waals surface area contributed by atoms with Crippen LogP contribution in [-0.4, -0.2) is 56.0 Å². The summed E-state index contributed by atoms with van der Waals surface area (Å²) in [7, 11) is -1.99. The predicted molar refractivity (Wildman–Crippen MR) is 111 cm³/mol. The summed E-state index contributed by atoms with van der Waals surface area (Å²) in [6.07, 6.45) is 0. The summed E-state index contributed by atoms with van der Waals surface area (Å²) >= 11 is 11.6. The fourth-order valence-corrected chi connectivity index (χ4v) is 4.68. The predicted octanol–water partition coefficient (Wildman–Crippen LogP) is 3.05. The highest BCUT2D eigenvalue weighted by Gasteiger charge is 2.29. The lowest BCUT2D eigenvalue weighted by Gasteiger charge is -2.35. The number of nitrogens with zero attached hydrogens (tertiary/aromatic N) is 2. The van der Waals surface area contributed by atoms with E-state index in [0.29, 0.717) is 42.1 Å². The van der Waals surface area contributed by atoms with Gasteiger partial charge in [0.05, 0.1) is 22.7 Å². The lowest BCUT2D eigenvalue weighted by molar-refractivity contribution is 0.268. The quantitative estimate of drug-likeness (QED) is 0.759. The van der Waals surface area contributed by atoms with Crippen LogP contribution < -0.4 is 10.1 Å². The third kappa shape index (κ3) is 4.52. The summed E-state index contributed by atoms with van der Waals surface area (Å²) in [5.41, 5.74) is 0.734. The molecule has 0 saturated carbocycles. The highest BCUT2D eigenvalue weighted by atomic mass is 35.5. The molecular weight excluding hydrogens is 406 g/mol. The lowest BCUT2D eigenvalue weighted by Crippen LogP contribution is -2.51. The molecule has 1 heterocycles. The van der Waals surface area contributed by atoms with E-state index in [-0.39, 0.29) is 4.90 Å². The van der Waals surface area contributed by atoms with Crippen molar-refractivity contribution >= 4 is 44.6 Å². The number of benzene rings is 2. The lowest BCUT2D eigenvalue weighted by atomic mass is 10.3. The third-order valence-electron chi connectivity index (χ3n) is 4.34. The van der Waals surface area contributed by atoms with Gasteiger partial charge in [-0.25, -0.2) is 8.42 Å². The number of sulfonamides is 1. The molecule has 0 bridgehead atoms. The third-order valence-corrected chi connectivity index (χ3v) is 6.94. The van der Waals surface area contributed by atoms with Crippen LogP contribution in [0.5, 0.6) is 5.75 Å². The average molecular weight is 426 g/mol.